The van der Waals surface area contributed by atoms with Crippen LogP contribution in [-0.4, -0.2) is 46.7 Å². The summed E-state index contributed by atoms with van der Waals surface area (Å²) in [5, 5.41) is 3.41. The zero-order valence-electron chi connectivity index (χ0n) is 12.2. The van der Waals surface area contributed by atoms with E-state index in [0.717, 1.165) is 6.54 Å². The fourth-order valence-electron chi connectivity index (χ4n) is 1.81. The van der Waals surface area contributed by atoms with Gasteiger partial charge in [-0.1, -0.05) is 18.2 Å². The molecule has 1 aromatic rings. The topological polar surface area (TPSA) is 39.7 Å². The molecule has 0 spiro atoms. The predicted molar refractivity (Wildman–Crippen MR) is 77.9 cm³/mol. The monoisotopic (exact) mass is 267 g/mol. The second kappa shape index (κ2) is 9.78. The lowest BCUT2D eigenvalue weighted by Crippen LogP contribution is -2.14. The number of aryl methyl sites for hydroxylation is 2. The molecule has 0 fully saturated rings. The SMILES string of the molecule is COCCOCCOCCNc1c(C)cccc1C. The number of para-hydroxylation sites is 1. The first kappa shape index (κ1) is 16.0. The predicted octanol–water partition coefficient (Wildman–Crippen LogP) is 2.39. The summed E-state index contributed by atoms with van der Waals surface area (Å²) < 4.78 is 15.7. The van der Waals surface area contributed by atoms with Crippen LogP contribution in [0, 0.1) is 13.8 Å². The minimum Gasteiger partial charge on any atom is -0.382 e. The molecule has 4 heteroatoms. The van der Waals surface area contributed by atoms with Crippen LogP contribution >= 0.6 is 0 Å². The highest BCUT2D eigenvalue weighted by Crippen LogP contribution is 2.18. The molecule has 0 aromatic heterocycles. The Bertz CT molecular complexity index is 335. The minimum absolute atomic E-state index is 0.618. The average molecular weight is 267 g/mol. The van der Waals surface area contributed by atoms with Gasteiger partial charge in [-0.25, -0.2) is 0 Å². The first-order chi connectivity index (χ1) is 9.25. The molecule has 0 radical (unpaired) electrons. The maximum absolute atomic E-state index is 5.49. The highest BCUT2D eigenvalue weighted by molar-refractivity contribution is 5.56. The molecule has 108 valence electrons. The van der Waals surface area contributed by atoms with Gasteiger partial charge in [-0.3, -0.25) is 0 Å². The summed E-state index contributed by atoms with van der Waals surface area (Å²) in [5.74, 6) is 0. The normalized spacial score (nSPS) is 10.7. The lowest BCUT2D eigenvalue weighted by atomic mass is 10.1. The summed E-state index contributed by atoms with van der Waals surface area (Å²) in [7, 11) is 1.67. The van der Waals surface area contributed by atoms with E-state index >= 15 is 0 Å². The number of benzene rings is 1. The van der Waals surface area contributed by atoms with Crippen LogP contribution in [0.3, 0.4) is 0 Å². The van der Waals surface area contributed by atoms with Crippen LogP contribution < -0.4 is 5.32 Å². The molecule has 0 aliphatic carbocycles. The van der Waals surface area contributed by atoms with Gasteiger partial charge in [-0.05, 0) is 25.0 Å². The van der Waals surface area contributed by atoms with Crippen molar-refractivity contribution in [2.45, 2.75) is 13.8 Å². The largest absolute Gasteiger partial charge is 0.382 e. The first-order valence-corrected chi connectivity index (χ1v) is 6.70. The van der Waals surface area contributed by atoms with Crippen LogP contribution in [0.5, 0.6) is 0 Å². The molecular formula is C15H25NO3. The zero-order valence-corrected chi connectivity index (χ0v) is 12.2. The van der Waals surface area contributed by atoms with E-state index in [1.165, 1.54) is 16.8 Å². The van der Waals surface area contributed by atoms with Crippen molar-refractivity contribution in [1.29, 1.82) is 0 Å². The second-order valence-corrected chi connectivity index (χ2v) is 4.41. The molecular weight excluding hydrogens is 242 g/mol. The van der Waals surface area contributed by atoms with Gasteiger partial charge in [0.25, 0.3) is 0 Å². The first-order valence-electron chi connectivity index (χ1n) is 6.70. The van der Waals surface area contributed by atoms with Gasteiger partial charge in [0, 0.05) is 19.3 Å². The van der Waals surface area contributed by atoms with E-state index in [9.17, 15) is 0 Å². The Balaban J connectivity index is 2.05. The molecule has 0 saturated heterocycles. The van der Waals surface area contributed by atoms with Gasteiger partial charge in [0.2, 0.25) is 0 Å². The van der Waals surface area contributed by atoms with Crippen LogP contribution in [0.1, 0.15) is 11.1 Å². The molecule has 0 unspecified atom stereocenters. The number of methoxy groups -OCH3 is 1. The van der Waals surface area contributed by atoms with Crippen molar-refractivity contribution >= 4 is 5.69 Å². The van der Waals surface area contributed by atoms with Gasteiger partial charge in [-0.15, -0.1) is 0 Å². The second-order valence-electron chi connectivity index (χ2n) is 4.41. The molecule has 0 heterocycles. The van der Waals surface area contributed by atoms with Gasteiger partial charge in [0.15, 0.2) is 0 Å². The standard InChI is InChI=1S/C15H25NO3/c1-13-5-4-6-14(2)15(13)16-7-8-18-11-12-19-10-9-17-3/h4-6,16H,7-12H2,1-3H3. The van der Waals surface area contributed by atoms with Gasteiger partial charge < -0.3 is 19.5 Å². The van der Waals surface area contributed by atoms with E-state index in [1.54, 1.807) is 7.11 Å². The van der Waals surface area contributed by atoms with E-state index in [0.29, 0.717) is 33.0 Å². The lowest BCUT2D eigenvalue weighted by Gasteiger charge is -2.12. The van der Waals surface area contributed by atoms with Gasteiger partial charge in [-0.2, -0.15) is 0 Å². The third kappa shape index (κ3) is 6.57. The summed E-state index contributed by atoms with van der Waals surface area (Å²) in [6, 6.07) is 6.30. The van der Waals surface area contributed by atoms with Crippen molar-refractivity contribution in [3.8, 4) is 0 Å². The van der Waals surface area contributed by atoms with Gasteiger partial charge in [0.1, 0.15) is 0 Å². The fraction of sp³-hybridized carbons (Fsp3) is 0.600. The maximum Gasteiger partial charge on any atom is 0.0701 e. The Morgan fingerprint density at radius 1 is 0.895 bits per heavy atom. The summed E-state index contributed by atoms with van der Waals surface area (Å²) in [5.41, 5.74) is 3.74. The third-order valence-corrected chi connectivity index (χ3v) is 2.83. The van der Waals surface area contributed by atoms with Crippen LogP contribution in [0.25, 0.3) is 0 Å². The Kier molecular flexibility index (Phi) is 8.21. The average Bonchev–Trinajstić information content (AvgIpc) is 2.40. The molecule has 1 rings (SSSR count). The molecule has 1 aromatic carbocycles. The van der Waals surface area contributed by atoms with E-state index in [1.807, 2.05) is 0 Å². The molecule has 0 aliphatic heterocycles. The van der Waals surface area contributed by atoms with Gasteiger partial charge in [0.05, 0.1) is 33.0 Å². The van der Waals surface area contributed by atoms with Crippen molar-refractivity contribution in [2.75, 3.05) is 52.0 Å². The van der Waals surface area contributed by atoms with Crippen molar-refractivity contribution < 1.29 is 14.2 Å². The van der Waals surface area contributed by atoms with Crippen molar-refractivity contribution in [3.05, 3.63) is 29.3 Å². The molecule has 4 nitrogen and oxygen atoms in total. The Labute approximate surface area is 116 Å². The molecule has 0 saturated carbocycles. The van der Waals surface area contributed by atoms with Gasteiger partial charge >= 0.3 is 0 Å². The van der Waals surface area contributed by atoms with Crippen LogP contribution in [0.4, 0.5) is 5.69 Å². The lowest BCUT2D eigenvalue weighted by molar-refractivity contribution is 0.0272. The van der Waals surface area contributed by atoms with Crippen LogP contribution in [0.15, 0.2) is 18.2 Å². The quantitative estimate of drug-likeness (QED) is 0.661. The molecule has 0 amide bonds. The molecule has 0 atom stereocenters. The number of hydrogen-bond acceptors (Lipinski definition) is 4. The molecule has 1 N–H and O–H groups in total. The summed E-state index contributed by atoms with van der Waals surface area (Å²) >= 11 is 0. The zero-order chi connectivity index (χ0) is 13.9. The Morgan fingerprint density at radius 3 is 2.11 bits per heavy atom. The minimum atomic E-state index is 0.618. The summed E-state index contributed by atoms with van der Waals surface area (Å²) in [6.07, 6.45) is 0. The summed E-state index contributed by atoms with van der Waals surface area (Å²) in [6.45, 7) is 8.21. The number of ether oxygens (including phenoxy) is 3. The van der Waals surface area contributed by atoms with E-state index < -0.39 is 0 Å². The van der Waals surface area contributed by atoms with Crippen LogP contribution in [0.2, 0.25) is 0 Å². The number of rotatable bonds is 10. The van der Waals surface area contributed by atoms with Crippen molar-refractivity contribution in [3.63, 3.8) is 0 Å². The van der Waals surface area contributed by atoms with Crippen molar-refractivity contribution in [1.82, 2.24) is 0 Å². The fourth-order valence-corrected chi connectivity index (χ4v) is 1.81. The smallest absolute Gasteiger partial charge is 0.0701 e. The molecule has 19 heavy (non-hydrogen) atoms. The molecule has 0 aliphatic rings. The van der Waals surface area contributed by atoms with E-state index in [2.05, 4.69) is 37.4 Å². The Hall–Kier alpha value is -1.10. The third-order valence-electron chi connectivity index (χ3n) is 2.83. The van der Waals surface area contributed by atoms with E-state index in [4.69, 9.17) is 14.2 Å². The number of hydrogen-bond donors (Lipinski definition) is 1. The Morgan fingerprint density at radius 2 is 1.47 bits per heavy atom. The highest BCUT2D eigenvalue weighted by Gasteiger charge is 2.00. The maximum atomic E-state index is 5.49. The molecule has 0 bridgehead atoms. The highest BCUT2D eigenvalue weighted by atomic mass is 16.5. The van der Waals surface area contributed by atoms with Crippen LogP contribution in [-0.2, 0) is 14.2 Å². The number of nitrogens with one attached hydrogen (secondary N) is 1. The summed E-state index contributed by atoms with van der Waals surface area (Å²) in [4.78, 5) is 0. The van der Waals surface area contributed by atoms with Crippen molar-refractivity contribution in [2.24, 2.45) is 0 Å². The number of anilines is 1. The van der Waals surface area contributed by atoms with E-state index in [-0.39, 0.29) is 0 Å².